The molecule has 0 spiro atoms. The molecule has 1 saturated carbocycles. The third-order valence-corrected chi connectivity index (χ3v) is 7.87. The molecule has 4 N–H and O–H groups in total. The van der Waals surface area contributed by atoms with E-state index in [1.807, 2.05) is 13.8 Å². The molecule has 9 heteroatoms. The van der Waals surface area contributed by atoms with Crippen LogP contribution in [-0.4, -0.2) is 71.6 Å². The first-order chi connectivity index (χ1) is 14.7. The second-order valence-corrected chi connectivity index (χ2v) is 11.0. The van der Waals surface area contributed by atoms with Gasteiger partial charge in [0.05, 0.1) is 7.11 Å². The zero-order valence-corrected chi connectivity index (χ0v) is 20.3. The number of methoxy groups -OCH3 is 1. The van der Waals surface area contributed by atoms with Crippen molar-refractivity contribution in [3.8, 4) is 0 Å². The highest BCUT2D eigenvalue weighted by Gasteiger charge is 2.45. The van der Waals surface area contributed by atoms with Crippen molar-refractivity contribution in [2.75, 3.05) is 26.0 Å². The average molecular weight is 457 g/mol. The van der Waals surface area contributed by atoms with Crippen LogP contribution in [0.4, 0.5) is 4.79 Å². The molecule has 8 nitrogen and oxygen atoms in total. The van der Waals surface area contributed by atoms with Gasteiger partial charge in [-0.1, -0.05) is 26.2 Å². The van der Waals surface area contributed by atoms with Crippen LogP contribution in [0.15, 0.2) is 0 Å². The summed E-state index contributed by atoms with van der Waals surface area (Å²) in [5.41, 5.74) is 6.16. The predicted molar refractivity (Wildman–Crippen MR) is 124 cm³/mol. The van der Waals surface area contributed by atoms with Crippen LogP contribution in [0, 0.1) is 5.92 Å². The summed E-state index contributed by atoms with van der Waals surface area (Å²) in [6.07, 6.45) is 6.69. The minimum atomic E-state index is -0.824. The maximum atomic E-state index is 13.6. The SMILES string of the molecule is CCCSC(C)(C)[C@@H](NC(=O)OC)C(=O)N1C[C@H](N)C[C@H]1C(=O)NCC1CCCCC1. The monoisotopic (exact) mass is 456 g/mol. The molecule has 1 aliphatic carbocycles. The molecule has 0 radical (unpaired) electrons. The lowest BCUT2D eigenvalue weighted by atomic mass is 9.89. The Kier molecular flexibility index (Phi) is 9.93. The molecule has 2 fully saturated rings. The second kappa shape index (κ2) is 11.9. The highest BCUT2D eigenvalue weighted by atomic mass is 32.2. The van der Waals surface area contributed by atoms with E-state index in [1.165, 1.54) is 26.4 Å². The van der Waals surface area contributed by atoms with Crippen LogP contribution in [0.2, 0.25) is 0 Å². The van der Waals surface area contributed by atoms with Gasteiger partial charge in [0.15, 0.2) is 0 Å². The van der Waals surface area contributed by atoms with Crippen LogP contribution in [0.3, 0.4) is 0 Å². The molecule has 1 aliphatic heterocycles. The van der Waals surface area contributed by atoms with Gasteiger partial charge >= 0.3 is 6.09 Å². The summed E-state index contributed by atoms with van der Waals surface area (Å²) < 4.78 is 4.19. The average Bonchev–Trinajstić information content (AvgIpc) is 3.16. The fourth-order valence-electron chi connectivity index (χ4n) is 4.44. The summed E-state index contributed by atoms with van der Waals surface area (Å²) in [6.45, 7) is 6.88. The second-order valence-electron chi connectivity index (χ2n) is 9.27. The number of rotatable bonds is 9. The van der Waals surface area contributed by atoms with Crippen LogP contribution in [-0.2, 0) is 14.3 Å². The molecule has 178 valence electrons. The number of carbonyl (C=O) groups excluding carboxylic acids is 3. The first kappa shape index (κ1) is 25.8. The topological polar surface area (TPSA) is 114 Å². The fraction of sp³-hybridized carbons (Fsp3) is 0.864. The van der Waals surface area contributed by atoms with Gasteiger partial charge < -0.3 is 26.0 Å². The molecule has 3 atom stereocenters. The van der Waals surface area contributed by atoms with Crippen molar-refractivity contribution in [3.05, 3.63) is 0 Å². The Bertz CT molecular complexity index is 625. The molecule has 0 bridgehead atoms. The van der Waals surface area contributed by atoms with Crippen LogP contribution in [0.25, 0.3) is 0 Å². The number of thioether (sulfide) groups is 1. The van der Waals surface area contributed by atoms with Crippen LogP contribution >= 0.6 is 11.8 Å². The van der Waals surface area contributed by atoms with Crippen molar-refractivity contribution >= 4 is 29.7 Å². The number of nitrogens with zero attached hydrogens (tertiary/aromatic N) is 1. The van der Waals surface area contributed by atoms with E-state index in [0.717, 1.165) is 25.0 Å². The highest BCUT2D eigenvalue weighted by Crippen LogP contribution is 2.32. The van der Waals surface area contributed by atoms with Gasteiger partial charge in [0.2, 0.25) is 11.8 Å². The van der Waals surface area contributed by atoms with Gasteiger partial charge in [0.25, 0.3) is 0 Å². The van der Waals surface area contributed by atoms with Gasteiger partial charge in [-0.25, -0.2) is 4.79 Å². The van der Waals surface area contributed by atoms with Crippen LogP contribution in [0.1, 0.15) is 65.7 Å². The van der Waals surface area contributed by atoms with Crippen LogP contribution in [0.5, 0.6) is 0 Å². The molecule has 0 unspecified atom stereocenters. The molecule has 0 aromatic carbocycles. The van der Waals surface area contributed by atoms with Gasteiger partial charge in [-0.3, -0.25) is 9.59 Å². The lowest BCUT2D eigenvalue weighted by molar-refractivity contribution is -0.140. The molecule has 3 amide bonds. The van der Waals surface area contributed by atoms with E-state index in [1.54, 1.807) is 16.7 Å². The van der Waals surface area contributed by atoms with Crippen molar-refractivity contribution in [1.82, 2.24) is 15.5 Å². The van der Waals surface area contributed by atoms with E-state index in [-0.39, 0.29) is 17.9 Å². The quantitative estimate of drug-likeness (QED) is 0.490. The summed E-state index contributed by atoms with van der Waals surface area (Å²) in [5.74, 6) is 0.923. The number of nitrogens with two attached hydrogens (primary N) is 1. The van der Waals surface area contributed by atoms with Crippen molar-refractivity contribution in [3.63, 3.8) is 0 Å². The molecule has 0 aromatic rings. The molecule has 0 aromatic heterocycles. The Morgan fingerprint density at radius 3 is 2.52 bits per heavy atom. The summed E-state index contributed by atoms with van der Waals surface area (Å²) in [6, 6.07) is -1.70. The standard InChI is InChI=1S/C22H40N4O4S/c1-5-11-31-22(2,3)18(25-21(29)30-4)20(28)26-14-16(23)12-17(26)19(27)24-13-15-9-7-6-8-10-15/h15-18H,5-14,23H2,1-4H3,(H,24,27)(H,25,29)/t16-,17+,18+/m1/s1. The van der Waals surface area contributed by atoms with Gasteiger partial charge in [-0.2, -0.15) is 11.8 Å². The van der Waals surface area contributed by atoms with Crippen molar-refractivity contribution < 1.29 is 19.1 Å². The van der Waals surface area contributed by atoms with Crippen molar-refractivity contribution in [2.24, 2.45) is 11.7 Å². The molecule has 31 heavy (non-hydrogen) atoms. The number of ether oxygens (including phenoxy) is 1. The number of carbonyl (C=O) groups is 3. The highest BCUT2D eigenvalue weighted by molar-refractivity contribution is 8.00. The third kappa shape index (κ3) is 7.27. The Morgan fingerprint density at radius 2 is 1.90 bits per heavy atom. The minimum Gasteiger partial charge on any atom is -0.453 e. The van der Waals surface area contributed by atoms with Crippen molar-refractivity contribution in [1.29, 1.82) is 0 Å². The maximum absolute atomic E-state index is 13.6. The van der Waals surface area contributed by atoms with Gasteiger partial charge in [-0.05, 0) is 51.2 Å². The summed E-state index contributed by atoms with van der Waals surface area (Å²) in [7, 11) is 1.27. The lowest BCUT2D eigenvalue weighted by Gasteiger charge is -2.37. The van der Waals surface area contributed by atoms with E-state index < -0.39 is 22.9 Å². The molecule has 2 rings (SSSR count). The molecule has 1 heterocycles. The number of alkyl carbamates (subject to hydrolysis) is 1. The molecule has 2 aliphatic rings. The number of hydrogen-bond donors (Lipinski definition) is 3. The number of likely N-dealkylation sites (tertiary alicyclic amines) is 1. The maximum Gasteiger partial charge on any atom is 0.407 e. The van der Waals surface area contributed by atoms with Gasteiger partial charge in [0.1, 0.15) is 12.1 Å². The minimum absolute atomic E-state index is 0.150. The van der Waals surface area contributed by atoms with E-state index >= 15 is 0 Å². The van der Waals surface area contributed by atoms with E-state index in [0.29, 0.717) is 25.4 Å². The number of amides is 3. The van der Waals surface area contributed by atoms with E-state index in [2.05, 4.69) is 17.6 Å². The third-order valence-electron chi connectivity index (χ3n) is 6.28. The Hall–Kier alpha value is -1.48. The van der Waals surface area contributed by atoms with Crippen LogP contribution < -0.4 is 16.4 Å². The zero-order chi connectivity index (χ0) is 23.0. The number of nitrogens with one attached hydrogen (secondary N) is 2. The summed E-state index contributed by atoms with van der Waals surface area (Å²) >= 11 is 1.62. The number of hydrogen-bond acceptors (Lipinski definition) is 6. The van der Waals surface area contributed by atoms with Gasteiger partial charge in [0, 0.05) is 23.9 Å². The van der Waals surface area contributed by atoms with Crippen molar-refractivity contribution in [2.45, 2.75) is 88.6 Å². The summed E-state index contributed by atoms with van der Waals surface area (Å²) in [5, 5.41) is 5.76. The van der Waals surface area contributed by atoms with E-state index in [9.17, 15) is 14.4 Å². The molecule has 1 saturated heterocycles. The first-order valence-corrected chi connectivity index (χ1v) is 12.5. The van der Waals surface area contributed by atoms with E-state index in [4.69, 9.17) is 10.5 Å². The summed E-state index contributed by atoms with van der Waals surface area (Å²) in [4.78, 5) is 40.1. The van der Waals surface area contributed by atoms with Gasteiger partial charge in [-0.15, -0.1) is 0 Å². The first-order valence-electron chi connectivity index (χ1n) is 11.5. The Labute approximate surface area is 190 Å². The Balaban J connectivity index is 2.12. The fourth-order valence-corrected chi connectivity index (χ4v) is 5.50. The largest absolute Gasteiger partial charge is 0.453 e. The zero-order valence-electron chi connectivity index (χ0n) is 19.4. The molecular weight excluding hydrogens is 416 g/mol. The Morgan fingerprint density at radius 1 is 1.23 bits per heavy atom. The molecular formula is C22H40N4O4S. The lowest BCUT2D eigenvalue weighted by Crippen LogP contribution is -2.60. The predicted octanol–water partition coefficient (Wildman–Crippen LogP) is 2.26. The normalized spacial score (nSPS) is 23.3. The smallest absolute Gasteiger partial charge is 0.407 e.